The number of primary amides is 1. The van der Waals surface area contributed by atoms with E-state index in [1.165, 1.54) is 6.07 Å². The summed E-state index contributed by atoms with van der Waals surface area (Å²) in [5, 5.41) is 14.8. The van der Waals surface area contributed by atoms with Gasteiger partial charge in [0.25, 0.3) is 21.6 Å². The lowest BCUT2D eigenvalue weighted by molar-refractivity contribution is -0.384. The topological polar surface area (TPSA) is 180 Å². The Labute approximate surface area is 295 Å². The van der Waals surface area contributed by atoms with Gasteiger partial charge in [-0.05, 0) is 64.9 Å². The van der Waals surface area contributed by atoms with Gasteiger partial charge in [0.15, 0.2) is 6.10 Å². The molecule has 5 aromatic rings. The van der Waals surface area contributed by atoms with E-state index >= 15 is 0 Å². The highest BCUT2D eigenvalue weighted by molar-refractivity contribution is 7.90. The molecule has 0 fully saturated rings. The number of hydrogen-bond acceptors (Lipinski definition) is 9. The number of carbonyl (C=O) groups excluding carboxylic acids is 2. The van der Waals surface area contributed by atoms with Crippen LogP contribution in [0.5, 0.6) is 5.75 Å². The van der Waals surface area contributed by atoms with Gasteiger partial charge >= 0.3 is 6.09 Å². The molecule has 0 bridgehead atoms. The van der Waals surface area contributed by atoms with Crippen LogP contribution in [0.2, 0.25) is 0 Å². The quantitative estimate of drug-likeness (QED) is 0.0594. The first-order valence-electron chi connectivity index (χ1n) is 16.0. The number of carbonyl (C=O) groups is 2. The highest BCUT2D eigenvalue weighted by atomic mass is 32.2. The number of nitro groups is 1. The predicted molar refractivity (Wildman–Crippen MR) is 192 cm³/mol. The van der Waals surface area contributed by atoms with Crippen molar-refractivity contribution in [2.45, 2.75) is 36.9 Å². The van der Waals surface area contributed by atoms with Gasteiger partial charge in [-0.1, -0.05) is 97.1 Å². The fraction of sp³-hybridized carbons (Fsp3) is 0.158. The highest BCUT2D eigenvalue weighted by Gasteiger charge is 2.29. The van der Waals surface area contributed by atoms with Crippen LogP contribution in [0.25, 0.3) is 11.1 Å². The fourth-order valence-corrected chi connectivity index (χ4v) is 6.28. The Morgan fingerprint density at radius 1 is 0.784 bits per heavy atom. The number of sulfonamides is 1. The van der Waals surface area contributed by atoms with Gasteiger partial charge < -0.3 is 20.5 Å². The summed E-state index contributed by atoms with van der Waals surface area (Å²) >= 11 is 0. The predicted octanol–water partition coefficient (Wildman–Crippen LogP) is 6.40. The molecule has 0 spiro atoms. The maximum atomic E-state index is 13.1. The van der Waals surface area contributed by atoms with Gasteiger partial charge in [0, 0.05) is 19.0 Å². The number of nitro benzene ring substituents is 1. The van der Waals surface area contributed by atoms with Gasteiger partial charge in [0.1, 0.15) is 18.0 Å². The molecule has 51 heavy (non-hydrogen) atoms. The fourth-order valence-electron chi connectivity index (χ4n) is 5.25. The van der Waals surface area contributed by atoms with Gasteiger partial charge in [0.05, 0.1) is 9.82 Å². The number of hydrogen-bond donors (Lipinski definition) is 3. The van der Waals surface area contributed by atoms with Gasteiger partial charge in [-0.25, -0.2) is 17.9 Å². The summed E-state index contributed by atoms with van der Waals surface area (Å²) in [4.78, 5) is 35.3. The third-order valence-corrected chi connectivity index (χ3v) is 9.22. The van der Waals surface area contributed by atoms with Gasteiger partial charge in [0.2, 0.25) is 0 Å². The first-order valence-corrected chi connectivity index (χ1v) is 17.5. The molecule has 0 saturated heterocycles. The Kier molecular flexibility index (Phi) is 12.0. The SMILES string of the molecule is NC(=O)OC(Cc1ccc(OCc2ccc(-c3ccccc3)cc2)cc1)C(=O)NS(=O)(=O)c1ccc(NCCCc2ccccc2)c([N+](=O)[O-])c1. The first kappa shape index (κ1) is 36.1. The summed E-state index contributed by atoms with van der Waals surface area (Å²) in [5.74, 6) is -0.639. The van der Waals surface area contributed by atoms with E-state index in [2.05, 4.69) is 5.32 Å². The molecule has 0 radical (unpaired) electrons. The number of nitrogens with one attached hydrogen (secondary N) is 2. The van der Waals surface area contributed by atoms with Crippen molar-refractivity contribution in [3.63, 3.8) is 0 Å². The van der Waals surface area contributed by atoms with Crippen LogP contribution in [0.4, 0.5) is 16.2 Å². The van der Waals surface area contributed by atoms with E-state index in [1.807, 2.05) is 89.7 Å². The largest absolute Gasteiger partial charge is 0.489 e. The van der Waals surface area contributed by atoms with Gasteiger partial charge in [-0.15, -0.1) is 0 Å². The van der Waals surface area contributed by atoms with E-state index in [0.717, 1.165) is 40.8 Å². The van der Waals surface area contributed by atoms with E-state index in [9.17, 15) is 28.1 Å². The molecule has 0 aliphatic heterocycles. The Hall–Kier alpha value is -6.21. The summed E-state index contributed by atoms with van der Waals surface area (Å²) in [6.07, 6.45) is -1.69. The summed E-state index contributed by atoms with van der Waals surface area (Å²) in [5.41, 5.74) is 9.62. The minimum Gasteiger partial charge on any atom is -0.489 e. The molecule has 13 heteroatoms. The number of anilines is 1. The Morgan fingerprint density at radius 2 is 1.41 bits per heavy atom. The molecule has 0 aliphatic carbocycles. The zero-order chi connectivity index (χ0) is 36.2. The third-order valence-electron chi connectivity index (χ3n) is 7.87. The lowest BCUT2D eigenvalue weighted by Crippen LogP contribution is -2.43. The van der Waals surface area contributed by atoms with Crippen molar-refractivity contribution in [2.75, 3.05) is 11.9 Å². The average molecular weight is 709 g/mol. The highest BCUT2D eigenvalue weighted by Crippen LogP contribution is 2.28. The molecule has 0 aromatic heterocycles. The Bertz CT molecular complexity index is 2060. The van der Waals surface area contributed by atoms with Crippen molar-refractivity contribution < 1.29 is 32.4 Å². The number of rotatable bonds is 16. The minimum absolute atomic E-state index is 0.127. The van der Waals surface area contributed by atoms with E-state index < -0.39 is 43.6 Å². The van der Waals surface area contributed by atoms with Crippen LogP contribution in [0.1, 0.15) is 23.1 Å². The summed E-state index contributed by atoms with van der Waals surface area (Å²) in [6, 6.07) is 37.6. The zero-order valence-electron chi connectivity index (χ0n) is 27.4. The second-order valence-corrected chi connectivity index (χ2v) is 13.2. The summed E-state index contributed by atoms with van der Waals surface area (Å²) < 4.78 is 39.0. The second-order valence-electron chi connectivity index (χ2n) is 11.5. The lowest BCUT2D eigenvalue weighted by atomic mass is 10.0. The molecule has 1 atom stereocenters. The molecule has 4 N–H and O–H groups in total. The number of nitrogens with zero attached hydrogens (tertiary/aromatic N) is 1. The van der Waals surface area contributed by atoms with Crippen molar-refractivity contribution >= 4 is 33.4 Å². The standard InChI is InChI=1S/C38H36N4O8S/c39-38(44)50-36(24-28-15-19-32(20-16-28)49-26-29-13-17-31(18-14-29)30-11-5-2-6-12-30)37(43)41-51(47,48)33-21-22-34(35(25-33)42(45)46)40-23-7-10-27-8-3-1-4-9-27/h1-6,8-9,11-22,25,36,40H,7,10,23-24,26H2,(H2,39,44)(H,41,43). The lowest BCUT2D eigenvalue weighted by Gasteiger charge is -2.17. The number of nitrogens with two attached hydrogens (primary N) is 1. The second kappa shape index (κ2) is 16.9. The smallest absolute Gasteiger partial charge is 0.405 e. The molecule has 0 aliphatic rings. The average Bonchev–Trinajstić information content (AvgIpc) is 3.13. The van der Waals surface area contributed by atoms with Crippen LogP contribution in [0.15, 0.2) is 132 Å². The first-order chi connectivity index (χ1) is 24.6. The number of ether oxygens (including phenoxy) is 2. The van der Waals surface area contributed by atoms with Gasteiger partial charge in [-0.3, -0.25) is 14.9 Å². The van der Waals surface area contributed by atoms with Crippen molar-refractivity contribution in [2.24, 2.45) is 5.73 Å². The van der Waals surface area contributed by atoms with E-state index in [4.69, 9.17) is 15.2 Å². The Balaban J connectivity index is 1.18. The van der Waals surface area contributed by atoms with E-state index in [0.29, 0.717) is 30.9 Å². The van der Waals surface area contributed by atoms with Crippen LogP contribution in [-0.4, -0.2) is 38.0 Å². The molecular formula is C38H36N4O8S. The van der Waals surface area contributed by atoms with Crippen LogP contribution >= 0.6 is 0 Å². The zero-order valence-corrected chi connectivity index (χ0v) is 28.3. The van der Waals surface area contributed by atoms with Crippen molar-refractivity contribution in [3.8, 4) is 16.9 Å². The molecule has 0 saturated carbocycles. The molecule has 5 rings (SSSR count). The third kappa shape index (κ3) is 10.4. The maximum Gasteiger partial charge on any atom is 0.405 e. The minimum atomic E-state index is -4.61. The molecular weight excluding hydrogens is 673 g/mol. The number of aryl methyl sites for hydroxylation is 1. The Morgan fingerprint density at radius 3 is 2.06 bits per heavy atom. The van der Waals surface area contributed by atoms with Crippen LogP contribution in [-0.2, 0) is 39.0 Å². The van der Waals surface area contributed by atoms with Crippen molar-refractivity contribution in [3.05, 3.63) is 154 Å². The van der Waals surface area contributed by atoms with Crippen LogP contribution < -0.4 is 20.5 Å². The molecule has 12 nitrogen and oxygen atoms in total. The molecule has 1 unspecified atom stereocenters. The normalized spacial score (nSPS) is 11.6. The van der Waals surface area contributed by atoms with Crippen molar-refractivity contribution in [1.82, 2.24) is 4.72 Å². The van der Waals surface area contributed by atoms with Crippen LogP contribution in [0, 0.1) is 10.1 Å². The molecule has 262 valence electrons. The molecule has 5 aromatic carbocycles. The van der Waals surface area contributed by atoms with E-state index in [1.54, 1.807) is 24.3 Å². The van der Waals surface area contributed by atoms with Crippen LogP contribution in [0.3, 0.4) is 0 Å². The van der Waals surface area contributed by atoms with Gasteiger partial charge in [-0.2, -0.15) is 0 Å². The summed E-state index contributed by atoms with van der Waals surface area (Å²) in [7, 11) is -4.61. The maximum absolute atomic E-state index is 13.1. The van der Waals surface area contributed by atoms with E-state index in [-0.39, 0.29) is 12.1 Å². The monoisotopic (exact) mass is 708 g/mol. The van der Waals surface area contributed by atoms with Crippen molar-refractivity contribution in [1.29, 1.82) is 0 Å². The summed E-state index contributed by atoms with van der Waals surface area (Å²) in [6.45, 7) is 0.715. The molecule has 2 amide bonds. The molecule has 0 heterocycles. The number of amides is 2. The number of benzene rings is 5.